The summed E-state index contributed by atoms with van der Waals surface area (Å²) in [7, 11) is 0. The van der Waals surface area contributed by atoms with Crippen molar-refractivity contribution < 1.29 is 19.0 Å². The van der Waals surface area contributed by atoms with E-state index >= 15 is 0 Å². The highest BCUT2D eigenvalue weighted by molar-refractivity contribution is 5.97. The van der Waals surface area contributed by atoms with Gasteiger partial charge in [0.25, 0.3) is 0 Å². The van der Waals surface area contributed by atoms with Crippen molar-refractivity contribution in [2.45, 2.75) is 57.3 Å². The van der Waals surface area contributed by atoms with Gasteiger partial charge in [-0.1, -0.05) is 26.0 Å². The molecule has 2 saturated heterocycles. The number of pyridine rings is 1. The number of piperazine rings is 1. The maximum absolute atomic E-state index is 14.1. The molecule has 10 nitrogen and oxygen atoms in total. The summed E-state index contributed by atoms with van der Waals surface area (Å²) in [6.07, 6.45) is 0.415. The average molecular weight is 566 g/mol. The Morgan fingerprint density at radius 2 is 2.02 bits per heavy atom. The van der Waals surface area contributed by atoms with Crippen LogP contribution in [0.1, 0.15) is 50.6 Å². The molecular weight excluding hydrogens is 525 g/mol. The van der Waals surface area contributed by atoms with Gasteiger partial charge in [-0.15, -0.1) is 0 Å². The Bertz CT molecular complexity index is 1410. The molecule has 0 spiro atoms. The number of carbonyl (C=O) groups excluding carboxylic acids is 1. The molecule has 3 aliphatic rings. The Morgan fingerprint density at radius 1 is 1.24 bits per heavy atom. The quantitative estimate of drug-likeness (QED) is 0.468. The van der Waals surface area contributed by atoms with Crippen LogP contribution in [-0.2, 0) is 14.9 Å². The molecule has 6 rings (SSSR count). The fourth-order valence-electron chi connectivity index (χ4n) is 6.60. The molecule has 220 valence electrons. The van der Waals surface area contributed by atoms with E-state index < -0.39 is 6.10 Å². The summed E-state index contributed by atoms with van der Waals surface area (Å²) in [5.74, 6) is -0.350. The van der Waals surface area contributed by atoms with Crippen LogP contribution in [0, 0.1) is 5.82 Å². The fraction of sp³-hybridized carbons (Fsp3) is 0.567. The molecular formula is C30H40FN7O3. The first-order valence-corrected chi connectivity index (χ1v) is 14.5. The van der Waals surface area contributed by atoms with Crippen LogP contribution in [0.4, 0.5) is 10.1 Å². The van der Waals surface area contributed by atoms with Gasteiger partial charge in [0.05, 0.1) is 31.1 Å². The van der Waals surface area contributed by atoms with Gasteiger partial charge in [-0.3, -0.25) is 14.6 Å². The fourth-order valence-corrected chi connectivity index (χ4v) is 6.60. The number of aliphatic hydroxyl groups is 1. The molecule has 2 aromatic heterocycles. The van der Waals surface area contributed by atoms with Gasteiger partial charge in [0.15, 0.2) is 5.65 Å². The van der Waals surface area contributed by atoms with Gasteiger partial charge in [0, 0.05) is 61.8 Å². The highest BCUT2D eigenvalue weighted by atomic mass is 19.1. The molecule has 0 saturated carbocycles. The first kappa shape index (κ1) is 28.2. The van der Waals surface area contributed by atoms with Gasteiger partial charge in [0.2, 0.25) is 5.91 Å². The van der Waals surface area contributed by atoms with Gasteiger partial charge in [-0.05, 0) is 37.6 Å². The van der Waals surface area contributed by atoms with E-state index in [0.29, 0.717) is 35.9 Å². The third-order valence-electron chi connectivity index (χ3n) is 8.83. The number of nitrogens with one attached hydrogen (secondary N) is 1. The van der Waals surface area contributed by atoms with Gasteiger partial charge in [-0.25, -0.2) is 13.9 Å². The minimum Gasteiger partial charge on any atom is -0.384 e. The maximum Gasteiger partial charge on any atom is 0.241 e. The molecule has 1 amide bonds. The van der Waals surface area contributed by atoms with E-state index in [4.69, 9.17) is 4.74 Å². The average Bonchev–Trinajstić information content (AvgIpc) is 3.53. The van der Waals surface area contributed by atoms with E-state index in [1.54, 1.807) is 16.6 Å². The second-order valence-corrected chi connectivity index (χ2v) is 12.5. The molecule has 3 aromatic rings. The van der Waals surface area contributed by atoms with E-state index in [0.717, 1.165) is 50.8 Å². The van der Waals surface area contributed by atoms with Crippen LogP contribution in [0.5, 0.6) is 0 Å². The molecule has 11 heteroatoms. The van der Waals surface area contributed by atoms with E-state index in [2.05, 4.69) is 52.9 Å². The Balaban J connectivity index is 1.30. The summed E-state index contributed by atoms with van der Waals surface area (Å²) in [6, 6.07) is 8.50. The highest BCUT2D eigenvalue weighted by Gasteiger charge is 2.43. The Morgan fingerprint density at radius 3 is 2.78 bits per heavy atom. The summed E-state index contributed by atoms with van der Waals surface area (Å²) < 4.78 is 21.0. The molecule has 0 aliphatic carbocycles. The Kier molecular flexibility index (Phi) is 7.58. The summed E-state index contributed by atoms with van der Waals surface area (Å²) in [6.45, 7) is 14.2. The van der Waals surface area contributed by atoms with E-state index in [-0.39, 0.29) is 29.2 Å². The molecule has 0 radical (unpaired) electrons. The topological polar surface area (TPSA) is 98.5 Å². The number of aromatic nitrogens is 3. The van der Waals surface area contributed by atoms with Crippen LogP contribution in [-0.4, -0.2) is 106 Å². The van der Waals surface area contributed by atoms with Crippen molar-refractivity contribution in [2.24, 2.45) is 0 Å². The van der Waals surface area contributed by atoms with Crippen molar-refractivity contribution in [2.75, 3.05) is 57.4 Å². The number of morpholine rings is 1. The molecule has 4 atom stereocenters. The van der Waals surface area contributed by atoms with Crippen molar-refractivity contribution in [1.82, 2.24) is 29.7 Å². The van der Waals surface area contributed by atoms with Crippen LogP contribution in [0.25, 0.3) is 5.65 Å². The van der Waals surface area contributed by atoms with E-state index in [1.165, 1.54) is 18.5 Å². The zero-order valence-corrected chi connectivity index (χ0v) is 24.3. The number of hydrogen-bond acceptors (Lipinski definition) is 8. The first-order chi connectivity index (χ1) is 19.6. The predicted octanol–water partition coefficient (Wildman–Crippen LogP) is 1.96. The van der Waals surface area contributed by atoms with Crippen molar-refractivity contribution in [3.05, 3.63) is 59.3 Å². The SMILES string of the molecule is C[C@@H]1CN(CC(=O)N2CC(C)(C)c3c2cc(C(O)c2ccc(F)cc2)c2ncnn32)[C@@H](CN2CCOC[C@H]2C)CN1. The zero-order chi connectivity index (χ0) is 28.9. The number of aliphatic hydroxyl groups excluding tert-OH is 1. The maximum atomic E-state index is 14.1. The van der Waals surface area contributed by atoms with Crippen molar-refractivity contribution in [3.63, 3.8) is 0 Å². The smallest absolute Gasteiger partial charge is 0.241 e. The first-order valence-electron chi connectivity index (χ1n) is 14.5. The lowest BCUT2D eigenvalue weighted by atomic mass is 9.90. The number of nitrogens with zero attached hydrogens (tertiary/aromatic N) is 6. The van der Waals surface area contributed by atoms with Crippen LogP contribution in [0.3, 0.4) is 0 Å². The monoisotopic (exact) mass is 565 g/mol. The van der Waals surface area contributed by atoms with Gasteiger partial charge in [-0.2, -0.15) is 5.10 Å². The van der Waals surface area contributed by atoms with E-state index in [9.17, 15) is 14.3 Å². The number of ether oxygens (including phenoxy) is 1. The molecule has 1 unspecified atom stereocenters. The van der Waals surface area contributed by atoms with Gasteiger partial charge < -0.3 is 20.1 Å². The molecule has 2 N–H and O–H groups in total. The lowest BCUT2D eigenvalue weighted by molar-refractivity contribution is -0.121. The lowest BCUT2D eigenvalue weighted by Gasteiger charge is -2.43. The van der Waals surface area contributed by atoms with Crippen molar-refractivity contribution >= 4 is 17.2 Å². The standard InChI is InChI=1S/C30H40FN7O3/c1-19-13-36(23(12-32-19)14-35-9-10-41-16-20(35)2)15-26(39)37-17-30(3,4)28-25(37)11-24(29-33-18-34-38(28)29)27(40)21-5-7-22(31)8-6-21/h5-8,11,18-20,23,27,32,40H,9-10,12-17H2,1-4H3/t19-,20-,23-,27?/m1/s1. The van der Waals surface area contributed by atoms with E-state index in [1.807, 2.05) is 11.0 Å². The number of fused-ring (bicyclic) bond motifs is 3. The number of amides is 1. The molecule has 3 aliphatic heterocycles. The third kappa shape index (κ3) is 5.37. The molecule has 5 heterocycles. The largest absolute Gasteiger partial charge is 0.384 e. The predicted molar refractivity (Wildman–Crippen MR) is 154 cm³/mol. The van der Waals surface area contributed by atoms with Crippen LogP contribution < -0.4 is 10.2 Å². The number of rotatable bonds is 6. The van der Waals surface area contributed by atoms with Crippen LogP contribution in [0.15, 0.2) is 36.7 Å². The second kappa shape index (κ2) is 11.0. The van der Waals surface area contributed by atoms with Gasteiger partial charge >= 0.3 is 0 Å². The number of anilines is 1. The second-order valence-electron chi connectivity index (χ2n) is 12.5. The molecule has 1 aromatic carbocycles. The molecule has 41 heavy (non-hydrogen) atoms. The summed E-state index contributed by atoms with van der Waals surface area (Å²) in [5.41, 5.74) is 2.84. The Labute approximate surface area is 240 Å². The minimum atomic E-state index is -1.05. The molecule has 0 bridgehead atoms. The minimum absolute atomic E-state index is 0.0210. The van der Waals surface area contributed by atoms with Gasteiger partial charge in [0.1, 0.15) is 18.2 Å². The van der Waals surface area contributed by atoms with Crippen LogP contribution in [0.2, 0.25) is 0 Å². The highest BCUT2D eigenvalue weighted by Crippen LogP contribution is 2.43. The normalized spacial score (nSPS) is 25.9. The number of benzene rings is 1. The zero-order valence-electron chi connectivity index (χ0n) is 24.3. The lowest BCUT2D eigenvalue weighted by Crippen LogP contribution is -2.62. The third-order valence-corrected chi connectivity index (χ3v) is 8.83. The number of halogens is 1. The Hall–Kier alpha value is -2.96. The number of carbonyl (C=O) groups is 1. The summed E-state index contributed by atoms with van der Waals surface area (Å²) in [5, 5.41) is 19.5. The van der Waals surface area contributed by atoms with Crippen molar-refractivity contribution in [1.29, 1.82) is 0 Å². The summed E-state index contributed by atoms with van der Waals surface area (Å²) >= 11 is 0. The number of hydrogen-bond donors (Lipinski definition) is 2. The van der Waals surface area contributed by atoms with Crippen LogP contribution >= 0.6 is 0 Å². The molecule has 2 fully saturated rings. The summed E-state index contributed by atoms with van der Waals surface area (Å²) in [4.78, 5) is 25.2. The van der Waals surface area contributed by atoms with Crippen molar-refractivity contribution in [3.8, 4) is 0 Å².